The summed E-state index contributed by atoms with van der Waals surface area (Å²) < 4.78 is 60.6. The van der Waals surface area contributed by atoms with E-state index in [1.165, 1.54) is 35.3 Å². The van der Waals surface area contributed by atoms with E-state index in [2.05, 4.69) is 10.1 Å². The van der Waals surface area contributed by atoms with Gasteiger partial charge in [-0.3, -0.25) is 4.79 Å². The monoisotopic (exact) mass is 576 g/mol. The molecule has 0 radical (unpaired) electrons. The summed E-state index contributed by atoms with van der Waals surface area (Å²) in [7, 11) is -3.42. The first kappa shape index (κ1) is 26.8. The normalized spacial score (nSPS) is 14.6. The molecule has 2 N–H and O–H groups in total. The third-order valence-electron chi connectivity index (χ3n) is 7.26. The number of ketones is 1. The Labute approximate surface area is 235 Å². The van der Waals surface area contributed by atoms with E-state index in [1.807, 2.05) is 0 Å². The summed E-state index contributed by atoms with van der Waals surface area (Å²) in [5.74, 6) is -1.28. The van der Waals surface area contributed by atoms with E-state index in [1.54, 1.807) is 37.3 Å². The Hall–Kier alpha value is -4.38. The van der Waals surface area contributed by atoms with E-state index in [4.69, 9.17) is 10.5 Å². The van der Waals surface area contributed by atoms with Crippen LogP contribution in [0.3, 0.4) is 0 Å². The highest BCUT2D eigenvalue weighted by atomic mass is 32.2. The Bertz CT molecular complexity index is 1850. The van der Waals surface area contributed by atoms with Gasteiger partial charge in [-0.1, -0.05) is 18.2 Å². The van der Waals surface area contributed by atoms with Crippen molar-refractivity contribution in [2.24, 2.45) is 5.92 Å². The standard InChI is InChI=1S/C30H26F2N4O4S/c1-17-8-28(40-27-5-3-2-4-24(27)31)34-14-26(17)36-30(33)23(13-35-36)29(37)21-9-19-11-22(25(32)12-20(19)10-21)16-41(38,39)15-18-6-7-18/h2-5,8,10-14,18H,6-7,9,15-16,33H2,1H3. The van der Waals surface area contributed by atoms with Crippen molar-refractivity contribution in [1.82, 2.24) is 14.8 Å². The van der Waals surface area contributed by atoms with Crippen LogP contribution in [0.1, 0.15) is 45.5 Å². The number of ether oxygens (including phenoxy) is 1. The highest BCUT2D eigenvalue weighted by Gasteiger charge is 2.30. The number of Topliss-reactive ketones (excluding diaryl/α,β-unsaturated/α-hetero) is 1. The van der Waals surface area contributed by atoms with E-state index >= 15 is 0 Å². The first-order chi connectivity index (χ1) is 19.6. The molecular formula is C30H26F2N4O4S. The first-order valence-electron chi connectivity index (χ1n) is 13.1. The number of nitrogens with zero attached hydrogens (tertiary/aromatic N) is 3. The molecule has 8 nitrogen and oxygen atoms in total. The number of aryl methyl sites for hydroxylation is 1. The van der Waals surface area contributed by atoms with Gasteiger partial charge in [0.2, 0.25) is 5.88 Å². The summed E-state index contributed by atoms with van der Waals surface area (Å²) in [6, 6.07) is 10.4. The Morgan fingerprint density at radius 1 is 1.12 bits per heavy atom. The number of aromatic nitrogens is 3. The van der Waals surface area contributed by atoms with Gasteiger partial charge in [0.1, 0.15) is 11.6 Å². The van der Waals surface area contributed by atoms with Gasteiger partial charge in [0.15, 0.2) is 27.2 Å². The van der Waals surface area contributed by atoms with Crippen molar-refractivity contribution in [2.75, 3.05) is 11.5 Å². The van der Waals surface area contributed by atoms with Crippen LogP contribution in [0.2, 0.25) is 0 Å². The molecule has 0 spiro atoms. The van der Waals surface area contributed by atoms with Crippen molar-refractivity contribution in [3.63, 3.8) is 0 Å². The fraction of sp³-hybridized carbons (Fsp3) is 0.233. The summed E-state index contributed by atoms with van der Waals surface area (Å²) in [5.41, 5.74) is 9.41. The minimum Gasteiger partial charge on any atom is -0.436 e. The van der Waals surface area contributed by atoms with Crippen LogP contribution in [0.15, 0.2) is 60.4 Å². The molecule has 210 valence electrons. The van der Waals surface area contributed by atoms with E-state index in [0.29, 0.717) is 28.0 Å². The van der Waals surface area contributed by atoms with Crippen LogP contribution >= 0.6 is 0 Å². The number of hydrogen-bond donors (Lipinski definition) is 1. The molecule has 11 heteroatoms. The molecule has 0 saturated heterocycles. The molecule has 1 saturated carbocycles. The fourth-order valence-electron chi connectivity index (χ4n) is 4.95. The smallest absolute Gasteiger partial charge is 0.219 e. The summed E-state index contributed by atoms with van der Waals surface area (Å²) in [6.07, 6.45) is 6.44. The van der Waals surface area contributed by atoms with Gasteiger partial charge < -0.3 is 10.5 Å². The second-order valence-corrected chi connectivity index (χ2v) is 12.6. The Kier molecular flexibility index (Phi) is 6.69. The van der Waals surface area contributed by atoms with Gasteiger partial charge in [0.05, 0.1) is 35.2 Å². The maximum absolute atomic E-state index is 14.8. The zero-order chi connectivity index (χ0) is 28.9. The van der Waals surface area contributed by atoms with Crippen LogP contribution in [0.4, 0.5) is 14.6 Å². The van der Waals surface area contributed by atoms with E-state index < -0.39 is 21.5 Å². The third kappa shape index (κ3) is 5.49. The van der Waals surface area contributed by atoms with Crippen LogP contribution in [-0.2, 0) is 22.0 Å². The maximum Gasteiger partial charge on any atom is 0.219 e. The number of carbonyl (C=O) groups is 1. The number of pyridine rings is 1. The minimum absolute atomic E-state index is 0.0383. The lowest BCUT2D eigenvalue weighted by atomic mass is 10.0. The highest BCUT2D eigenvalue weighted by molar-refractivity contribution is 7.90. The van der Waals surface area contributed by atoms with Crippen molar-refractivity contribution in [3.05, 3.63) is 99.9 Å². The molecule has 41 heavy (non-hydrogen) atoms. The van der Waals surface area contributed by atoms with Gasteiger partial charge in [0.25, 0.3) is 0 Å². The number of fused-ring (bicyclic) bond motifs is 1. The number of benzene rings is 2. The van der Waals surface area contributed by atoms with Gasteiger partial charge >= 0.3 is 0 Å². The van der Waals surface area contributed by atoms with E-state index in [9.17, 15) is 22.0 Å². The average Bonchev–Trinajstić information content (AvgIpc) is 3.49. The number of carbonyl (C=O) groups excluding carboxylic acids is 1. The van der Waals surface area contributed by atoms with Crippen molar-refractivity contribution in [1.29, 1.82) is 0 Å². The molecule has 6 rings (SSSR count). The average molecular weight is 577 g/mol. The second-order valence-electron chi connectivity index (χ2n) is 10.5. The molecule has 2 aliphatic carbocycles. The molecule has 4 aromatic rings. The van der Waals surface area contributed by atoms with Crippen LogP contribution in [0, 0.1) is 24.5 Å². The fourth-order valence-corrected chi connectivity index (χ4v) is 6.81. The number of nitrogen functional groups attached to an aromatic ring is 1. The van der Waals surface area contributed by atoms with Gasteiger partial charge in [-0.2, -0.15) is 5.10 Å². The highest BCUT2D eigenvalue weighted by Crippen LogP contribution is 2.34. The van der Waals surface area contributed by atoms with Crippen molar-refractivity contribution < 1.29 is 26.7 Å². The lowest BCUT2D eigenvalue weighted by molar-refractivity contribution is 0.103. The number of sulfone groups is 1. The number of nitrogens with two attached hydrogens (primary N) is 1. The predicted octanol–water partition coefficient (Wildman–Crippen LogP) is 5.38. The number of halogens is 2. The lowest BCUT2D eigenvalue weighted by Crippen LogP contribution is -2.12. The van der Waals surface area contributed by atoms with Gasteiger partial charge in [0, 0.05) is 23.6 Å². The number of rotatable bonds is 9. The van der Waals surface area contributed by atoms with Crippen LogP contribution < -0.4 is 10.5 Å². The van der Waals surface area contributed by atoms with Crippen molar-refractivity contribution in [3.8, 4) is 17.3 Å². The molecule has 2 heterocycles. The number of para-hydroxylation sites is 1. The zero-order valence-electron chi connectivity index (χ0n) is 22.1. The largest absolute Gasteiger partial charge is 0.436 e. The number of allylic oxidation sites excluding steroid dienone is 1. The summed E-state index contributed by atoms with van der Waals surface area (Å²) in [4.78, 5) is 17.7. The first-order valence-corrected chi connectivity index (χ1v) is 14.9. The number of anilines is 1. The molecule has 0 aliphatic heterocycles. The molecule has 0 atom stereocenters. The minimum atomic E-state index is -3.42. The predicted molar refractivity (Wildman–Crippen MR) is 150 cm³/mol. The molecular weight excluding hydrogens is 550 g/mol. The van der Waals surface area contributed by atoms with Crippen LogP contribution in [0.5, 0.6) is 11.6 Å². The van der Waals surface area contributed by atoms with Crippen LogP contribution in [-0.4, -0.2) is 34.7 Å². The number of hydrogen-bond acceptors (Lipinski definition) is 7. The molecule has 1 fully saturated rings. The van der Waals surface area contributed by atoms with Gasteiger partial charge in [-0.15, -0.1) is 0 Å². The quantitative estimate of drug-likeness (QED) is 0.266. The summed E-state index contributed by atoms with van der Waals surface area (Å²) in [6.45, 7) is 1.78. The second kappa shape index (κ2) is 10.2. The SMILES string of the molecule is Cc1cc(Oc2ccccc2F)ncc1-n1ncc(C(=O)C2=Cc3cc(F)c(CS(=O)(=O)CC4CC4)cc3C2)c1N. The van der Waals surface area contributed by atoms with Gasteiger partial charge in [-0.25, -0.2) is 26.9 Å². The van der Waals surface area contributed by atoms with Crippen molar-refractivity contribution >= 4 is 27.5 Å². The summed E-state index contributed by atoms with van der Waals surface area (Å²) >= 11 is 0. The van der Waals surface area contributed by atoms with Gasteiger partial charge in [-0.05, 0) is 66.6 Å². The Morgan fingerprint density at radius 3 is 2.63 bits per heavy atom. The molecule has 2 aromatic carbocycles. The van der Waals surface area contributed by atoms with Crippen molar-refractivity contribution in [2.45, 2.75) is 31.9 Å². The maximum atomic E-state index is 14.8. The molecule has 0 unspecified atom stereocenters. The Balaban J connectivity index is 1.20. The molecule has 0 bridgehead atoms. The topological polar surface area (TPSA) is 117 Å². The Morgan fingerprint density at radius 2 is 1.90 bits per heavy atom. The van der Waals surface area contributed by atoms with Crippen LogP contribution in [0.25, 0.3) is 11.8 Å². The molecule has 0 amide bonds. The third-order valence-corrected chi connectivity index (χ3v) is 8.99. The lowest BCUT2D eigenvalue weighted by Gasteiger charge is -2.11. The van der Waals surface area contributed by atoms with E-state index in [-0.39, 0.29) is 58.2 Å². The molecule has 2 aromatic heterocycles. The summed E-state index contributed by atoms with van der Waals surface area (Å²) in [5, 5.41) is 4.29. The molecule has 2 aliphatic rings. The van der Waals surface area contributed by atoms with E-state index in [0.717, 1.165) is 12.8 Å². The zero-order valence-corrected chi connectivity index (χ0v) is 22.9.